The number of rotatable bonds is 3. The molecule has 5 rings (SSSR count). The fourth-order valence-corrected chi connectivity index (χ4v) is 4.68. The van der Waals surface area contributed by atoms with E-state index < -0.39 is 5.82 Å². The lowest BCUT2D eigenvalue weighted by molar-refractivity contribution is 0.00148. The van der Waals surface area contributed by atoms with Crippen LogP contribution in [0.4, 0.5) is 10.3 Å². The summed E-state index contributed by atoms with van der Waals surface area (Å²) in [5.74, 6) is 0.883. The summed E-state index contributed by atoms with van der Waals surface area (Å²) in [6, 6.07) is 8.94. The minimum absolute atomic E-state index is 0.0176. The predicted molar refractivity (Wildman–Crippen MR) is 114 cm³/mol. The molecule has 31 heavy (non-hydrogen) atoms. The third kappa shape index (κ3) is 3.27. The summed E-state index contributed by atoms with van der Waals surface area (Å²) in [7, 11) is 3.38. The highest BCUT2D eigenvalue weighted by molar-refractivity contribution is 5.60. The second kappa shape index (κ2) is 7.77. The summed E-state index contributed by atoms with van der Waals surface area (Å²) in [5.41, 5.74) is 2.61. The van der Waals surface area contributed by atoms with Crippen LogP contribution in [-0.4, -0.2) is 40.8 Å². The molecule has 0 unspecified atom stereocenters. The van der Waals surface area contributed by atoms with Crippen LogP contribution in [0.15, 0.2) is 47.5 Å². The highest BCUT2D eigenvalue weighted by atomic mass is 19.1. The average molecular weight is 422 g/mol. The van der Waals surface area contributed by atoms with Crippen molar-refractivity contribution >= 4 is 5.95 Å². The van der Waals surface area contributed by atoms with Gasteiger partial charge < -0.3 is 14.4 Å². The predicted octanol–water partition coefficient (Wildman–Crippen LogP) is 2.88. The van der Waals surface area contributed by atoms with Gasteiger partial charge in [-0.3, -0.25) is 14.3 Å². The van der Waals surface area contributed by atoms with Crippen molar-refractivity contribution in [3.63, 3.8) is 0 Å². The van der Waals surface area contributed by atoms with E-state index in [4.69, 9.17) is 14.5 Å². The first-order chi connectivity index (χ1) is 15.1. The van der Waals surface area contributed by atoms with Gasteiger partial charge >= 0.3 is 0 Å². The molecule has 1 fully saturated rings. The molecule has 3 heterocycles. The maximum Gasteiger partial charge on any atom is 0.255 e. The second-order valence-electron chi connectivity index (χ2n) is 7.81. The molecule has 0 saturated carbocycles. The summed E-state index contributed by atoms with van der Waals surface area (Å²) in [5, 5.41) is 0. The van der Waals surface area contributed by atoms with Crippen LogP contribution in [0.1, 0.15) is 23.7 Å². The molecule has 1 saturated heterocycles. The number of hydrogen-bond acceptors (Lipinski definition) is 6. The Bertz CT molecular complexity index is 1200. The highest BCUT2D eigenvalue weighted by Gasteiger charge is 2.39. The van der Waals surface area contributed by atoms with Crippen molar-refractivity contribution in [3.8, 4) is 17.0 Å². The third-order valence-electron chi connectivity index (χ3n) is 6.18. The molecule has 1 aliphatic heterocycles. The zero-order valence-corrected chi connectivity index (χ0v) is 17.4. The van der Waals surface area contributed by atoms with E-state index in [1.807, 2.05) is 12.1 Å². The minimum Gasteiger partial charge on any atom is -0.496 e. The number of fused-ring (bicyclic) bond motifs is 3. The van der Waals surface area contributed by atoms with Gasteiger partial charge in [0.1, 0.15) is 11.9 Å². The summed E-state index contributed by atoms with van der Waals surface area (Å²) >= 11 is 0. The van der Waals surface area contributed by atoms with E-state index in [0.717, 1.165) is 30.4 Å². The van der Waals surface area contributed by atoms with Crippen LogP contribution in [0.3, 0.4) is 0 Å². The van der Waals surface area contributed by atoms with E-state index in [9.17, 15) is 9.18 Å². The van der Waals surface area contributed by atoms with Gasteiger partial charge in [0.15, 0.2) is 5.82 Å². The molecule has 0 N–H and O–H groups in total. The molecule has 0 spiro atoms. The van der Waals surface area contributed by atoms with Gasteiger partial charge in [-0.1, -0.05) is 12.1 Å². The Morgan fingerprint density at radius 3 is 2.97 bits per heavy atom. The molecule has 1 aromatic carbocycles. The molecule has 3 aromatic rings. The number of halogens is 1. The van der Waals surface area contributed by atoms with E-state index in [2.05, 4.69) is 16.0 Å². The summed E-state index contributed by atoms with van der Waals surface area (Å²) < 4.78 is 27.6. The van der Waals surface area contributed by atoms with Crippen LogP contribution in [-0.2, 0) is 18.2 Å². The van der Waals surface area contributed by atoms with Gasteiger partial charge in [0.05, 0.1) is 31.6 Å². The van der Waals surface area contributed by atoms with Gasteiger partial charge in [0, 0.05) is 37.0 Å². The largest absolute Gasteiger partial charge is 0.496 e. The van der Waals surface area contributed by atoms with Crippen molar-refractivity contribution in [2.75, 3.05) is 25.2 Å². The number of ether oxygens (including phenoxy) is 2. The second-order valence-corrected chi connectivity index (χ2v) is 7.81. The van der Waals surface area contributed by atoms with Crippen LogP contribution in [0.2, 0.25) is 0 Å². The van der Waals surface area contributed by atoms with E-state index in [1.165, 1.54) is 28.5 Å². The van der Waals surface area contributed by atoms with Crippen molar-refractivity contribution in [3.05, 3.63) is 70.0 Å². The fraction of sp³-hybridized carbons (Fsp3) is 0.348. The molecule has 0 radical (unpaired) electrons. The number of aromatic nitrogens is 3. The fourth-order valence-electron chi connectivity index (χ4n) is 4.68. The number of pyridine rings is 1. The summed E-state index contributed by atoms with van der Waals surface area (Å²) in [6.07, 6.45) is 4.15. The van der Waals surface area contributed by atoms with Crippen molar-refractivity contribution in [1.82, 2.24) is 14.5 Å². The standard InChI is InChI=1S/C23H23FN4O3/c1-27-21(29)12-18(16-8-9-25-13-17(16)24)26-23(27)28-10-11-31-22-15-4-3-5-20(30-2)14(15)6-7-19(22)28/h3-5,8-9,12-13,19,22H,6-7,10-11H2,1-2H3/t19-,22-/m1/s1. The first-order valence-corrected chi connectivity index (χ1v) is 10.3. The normalized spacial score (nSPS) is 20.2. The molecule has 2 atom stereocenters. The zero-order valence-electron chi connectivity index (χ0n) is 17.4. The van der Waals surface area contributed by atoms with E-state index >= 15 is 0 Å². The van der Waals surface area contributed by atoms with E-state index in [-0.39, 0.29) is 23.3 Å². The lowest BCUT2D eigenvalue weighted by Gasteiger charge is -2.45. The van der Waals surface area contributed by atoms with Gasteiger partial charge in [0.2, 0.25) is 5.95 Å². The van der Waals surface area contributed by atoms with Crippen LogP contribution in [0.5, 0.6) is 5.75 Å². The lowest BCUT2D eigenvalue weighted by atomic mass is 9.83. The maximum absolute atomic E-state index is 14.3. The Morgan fingerprint density at radius 1 is 1.29 bits per heavy atom. The molecule has 160 valence electrons. The lowest BCUT2D eigenvalue weighted by Crippen LogP contribution is -2.51. The molecule has 0 bridgehead atoms. The van der Waals surface area contributed by atoms with Gasteiger partial charge in [-0.15, -0.1) is 0 Å². The molecular weight excluding hydrogens is 399 g/mol. The van der Waals surface area contributed by atoms with Crippen molar-refractivity contribution in [1.29, 1.82) is 0 Å². The molecule has 7 nitrogen and oxygen atoms in total. The van der Waals surface area contributed by atoms with Crippen LogP contribution in [0.25, 0.3) is 11.3 Å². The molecular formula is C23H23FN4O3. The molecule has 0 amide bonds. The number of methoxy groups -OCH3 is 1. The number of hydrogen-bond donors (Lipinski definition) is 0. The zero-order chi connectivity index (χ0) is 21.5. The first kappa shape index (κ1) is 19.7. The molecule has 2 aromatic heterocycles. The number of benzene rings is 1. The summed E-state index contributed by atoms with van der Waals surface area (Å²) in [4.78, 5) is 23.4. The van der Waals surface area contributed by atoms with Gasteiger partial charge in [0.25, 0.3) is 5.56 Å². The Balaban J connectivity index is 1.58. The Morgan fingerprint density at radius 2 is 2.16 bits per heavy atom. The van der Waals surface area contributed by atoms with Gasteiger partial charge in [-0.25, -0.2) is 9.37 Å². The third-order valence-corrected chi connectivity index (χ3v) is 6.18. The van der Waals surface area contributed by atoms with Gasteiger partial charge in [-0.05, 0) is 30.5 Å². The topological polar surface area (TPSA) is 69.5 Å². The summed E-state index contributed by atoms with van der Waals surface area (Å²) in [6.45, 7) is 1.10. The minimum atomic E-state index is -0.507. The van der Waals surface area contributed by atoms with Crippen LogP contribution < -0.4 is 15.2 Å². The first-order valence-electron chi connectivity index (χ1n) is 10.3. The van der Waals surface area contributed by atoms with Gasteiger partial charge in [-0.2, -0.15) is 0 Å². The number of morpholine rings is 1. The van der Waals surface area contributed by atoms with Crippen molar-refractivity contribution in [2.45, 2.75) is 25.0 Å². The van der Waals surface area contributed by atoms with Crippen molar-refractivity contribution < 1.29 is 13.9 Å². The quantitative estimate of drug-likeness (QED) is 0.647. The SMILES string of the molecule is COc1cccc2c1CC[C@@H]1[C@@H]2OCCN1c1nc(-c2ccncc2F)cc(=O)n1C. The maximum atomic E-state index is 14.3. The van der Waals surface area contributed by atoms with E-state index in [0.29, 0.717) is 24.8 Å². The van der Waals surface area contributed by atoms with Crippen LogP contribution >= 0.6 is 0 Å². The van der Waals surface area contributed by atoms with Crippen LogP contribution in [0, 0.1) is 5.82 Å². The number of anilines is 1. The highest BCUT2D eigenvalue weighted by Crippen LogP contribution is 2.42. The molecule has 1 aliphatic carbocycles. The molecule has 2 aliphatic rings. The number of nitrogens with zero attached hydrogens (tertiary/aromatic N) is 4. The average Bonchev–Trinajstić information content (AvgIpc) is 2.80. The Labute approximate surface area is 179 Å². The van der Waals surface area contributed by atoms with E-state index in [1.54, 1.807) is 14.2 Å². The molecule has 8 heteroatoms. The Hall–Kier alpha value is -3.26. The van der Waals surface area contributed by atoms with Crippen molar-refractivity contribution in [2.24, 2.45) is 7.05 Å². The smallest absolute Gasteiger partial charge is 0.255 e. The Kier molecular flexibility index (Phi) is 4.94. The monoisotopic (exact) mass is 422 g/mol.